The van der Waals surface area contributed by atoms with E-state index < -0.39 is 24.0 Å². The van der Waals surface area contributed by atoms with E-state index in [1.54, 1.807) is 11.1 Å². The highest BCUT2D eigenvalue weighted by atomic mass is 32.1. The molecule has 0 spiro atoms. The third-order valence-corrected chi connectivity index (χ3v) is 6.77. The first-order chi connectivity index (χ1) is 16.0. The number of aromatic nitrogens is 1. The number of rotatable bonds is 8. The molecule has 4 rings (SSSR count). The zero-order valence-electron chi connectivity index (χ0n) is 18.1. The van der Waals surface area contributed by atoms with E-state index in [1.165, 1.54) is 16.9 Å². The molecule has 7 nitrogen and oxygen atoms in total. The van der Waals surface area contributed by atoms with Gasteiger partial charge < -0.3 is 20.4 Å². The van der Waals surface area contributed by atoms with Crippen LogP contribution in [-0.2, 0) is 22.6 Å². The number of likely N-dealkylation sites (tertiary alicyclic amines) is 1. The second-order valence-corrected chi connectivity index (χ2v) is 9.29. The summed E-state index contributed by atoms with van der Waals surface area (Å²) in [5.74, 6) is -1.44. The molecule has 3 aromatic rings. The monoisotopic (exact) mass is 465 g/mol. The predicted molar refractivity (Wildman–Crippen MR) is 125 cm³/mol. The summed E-state index contributed by atoms with van der Waals surface area (Å²) in [6.07, 6.45) is 0.430. The molecular weight excluding hydrogens is 438 g/mol. The standard InChI is InChI=1S/C25H27N3O4S/c29-22(23(30)25(32)28-13-7-12-20(28)18-10-5-2-6-11-18)24(31)27-16-21-26-15-19(33-21)14-17-8-3-1-4-9-17/h1-6,8-11,15,20,22-23,29-30H,7,12-14,16H2,(H,27,31)/t20?,22-,23-/m1/s1. The summed E-state index contributed by atoms with van der Waals surface area (Å²) in [6.45, 7) is 0.597. The number of hydrogen-bond donors (Lipinski definition) is 3. The molecule has 3 atom stereocenters. The first-order valence-corrected chi connectivity index (χ1v) is 11.8. The van der Waals surface area contributed by atoms with Gasteiger partial charge >= 0.3 is 0 Å². The maximum absolute atomic E-state index is 12.9. The van der Waals surface area contributed by atoms with E-state index in [1.807, 2.05) is 60.7 Å². The number of carbonyl (C=O) groups excluding carboxylic acids is 2. The topological polar surface area (TPSA) is 103 Å². The smallest absolute Gasteiger partial charge is 0.255 e. The lowest BCUT2D eigenvalue weighted by Crippen LogP contribution is -2.50. The second kappa shape index (κ2) is 10.7. The van der Waals surface area contributed by atoms with E-state index in [9.17, 15) is 19.8 Å². The highest BCUT2D eigenvalue weighted by Gasteiger charge is 2.38. The summed E-state index contributed by atoms with van der Waals surface area (Å²) in [5.41, 5.74) is 2.15. The Kier molecular flexibility index (Phi) is 7.49. The number of thiazole rings is 1. The van der Waals surface area contributed by atoms with Crippen LogP contribution in [0.25, 0.3) is 0 Å². The van der Waals surface area contributed by atoms with E-state index in [-0.39, 0.29) is 12.6 Å². The molecule has 0 saturated carbocycles. The third-order valence-electron chi connectivity index (χ3n) is 5.78. The van der Waals surface area contributed by atoms with Crippen molar-refractivity contribution >= 4 is 23.2 Å². The first kappa shape index (κ1) is 23.1. The molecule has 1 unspecified atom stereocenters. The minimum atomic E-state index is -1.85. The number of amides is 2. The van der Waals surface area contributed by atoms with Gasteiger partial charge in [0.25, 0.3) is 11.8 Å². The highest BCUT2D eigenvalue weighted by molar-refractivity contribution is 7.11. The largest absolute Gasteiger partial charge is 0.380 e. The van der Waals surface area contributed by atoms with Gasteiger partial charge in [-0.1, -0.05) is 60.7 Å². The Labute approximate surface area is 196 Å². The molecule has 1 aromatic heterocycles. The molecule has 8 heteroatoms. The molecule has 2 aromatic carbocycles. The quantitative estimate of drug-likeness (QED) is 0.474. The van der Waals surface area contributed by atoms with Crippen LogP contribution in [0.2, 0.25) is 0 Å². The minimum absolute atomic E-state index is 0.118. The van der Waals surface area contributed by atoms with Gasteiger partial charge in [0, 0.05) is 24.0 Å². The Bertz CT molecular complexity index is 1070. The normalized spacial score (nSPS) is 17.5. The van der Waals surface area contributed by atoms with Crippen LogP contribution in [0.4, 0.5) is 0 Å². The Hall–Kier alpha value is -3.07. The molecule has 3 N–H and O–H groups in total. The van der Waals surface area contributed by atoms with Gasteiger partial charge in [0.2, 0.25) is 0 Å². The number of aliphatic hydroxyl groups excluding tert-OH is 2. The van der Waals surface area contributed by atoms with Crippen LogP contribution in [0.5, 0.6) is 0 Å². The fraction of sp³-hybridized carbons (Fsp3) is 0.320. The van der Waals surface area contributed by atoms with Crippen LogP contribution in [0.1, 0.15) is 39.9 Å². The van der Waals surface area contributed by atoms with Crippen LogP contribution < -0.4 is 5.32 Å². The third kappa shape index (κ3) is 5.65. The van der Waals surface area contributed by atoms with Crippen molar-refractivity contribution in [3.05, 3.63) is 87.9 Å². The van der Waals surface area contributed by atoms with Crippen LogP contribution in [0.15, 0.2) is 66.9 Å². The van der Waals surface area contributed by atoms with Gasteiger partial charge in [0.1, 0.15) is 5.01 Å². The van der Waals surface area contributed by atoms with Crippen LogP contribution in [0, 0.1) is 0 Å². The second-order valence-electron chi connectivity index (χ2n) is 8.09. The summed E-state index contributed by atoms with van der Waals surface area (Å²) in [4.78, 5) is 32.2. The fourth-order valence-electron chi connectivity index (χ4n) is 4.08. The number of aliphatic hydroxyl groups is 2. The van der Waals surface area contributed by atoms with Gasteiger partial charge in [-0.05, 0) is 24.0 Å². The SMILES string of the molecule is O=C(NCc1ncc(Cc2ccccc2)s1)[C@H](O)[C@@H](O)C(=O)N1CCCC1c1ccccc1. The zero-order valence-corrected chi connectivity index (χ0v) is 18.9. The van der Waals surface area contributed by atoms with Crippen molar-refractivity contribution in [2.45, 2.75) is 44.1 Å². The van der Waals surface area contributed by atoms with Crippen molar-refractivity contribution in [1.29, 1.82) is 0 Å². The molecule has 0 aliphatic carbocycles. The van der Waals surface area contributed by atoms with Gasteiger partial charge in [-0.15, -0.1) is 11.3 Å². The van der Waals surface area contributed by atoms with E-state index in [2.05, 4.69) is 10.3 Å². The molecule has 0 bridgehead atoms. The summed E-state index contributed by atoms with van der Waals surface area (Å²) in [7, 11) is 0. The molecule has 1 aliphatic heterocycles. The van der Waals surface area contributed by atoms with Gasteiger partial charge in [0.05, 0.1) is 12.6 Å². The lowest BCUT2D eigenvalue weighted by Gasteiger charge is -2.28. The van der Waals surface area contributed by atoms with Gasteiger partial charge in [-0.25, -0.2) is 4.98 Å². The van der Waals surface area contributed by atoms with E-state index in [0.717, 1.165) is 29.7 Å². The molecule has 1 aliphatic rings. The van der Waals surface area contributed by atoms with E-state index >= 15 is 0 Å². The average molecular weight is 466 g/mol. The van der Waals surface area contributed by atoms with Crippen molar-refractivity contribution in [2.24, 2.45) is 0 Å². The molecule has 1 fully saturated rings. The Balaban J connectivity index is 1.31. The zero-order chi connectivity index (χ0) is 23.2. The van der Waals surface area contributed by atoms with Crippen molar-refractivity contribution in [3.8, 4) is 0 Å². The number of carbonyl (C=O) groups is 2. The highest BCUT2D eigenvalue weighted by Crippen LogP contribution is 2.32. The summed E-state index contributed by atoms with van der Waals surface area (Å²) < 4.78 is 0. The predicted octanol–water partition coefficient (Wildman–Crippen LogP) is 2.44. The molecule has 1 saturated heterocycles. The number of hydrogen-bond acceptors (Lipinski definition) is 6. The summed E-state index contributed by atoms with van der Waals surface area (Å²) in [5, 5.41) is 24.0. The maximum atomic E-state index is 12.9. The molecule has 33 heavy (non-hydrogen) atoms. The summed E-state index contributed by atoms with van der Waals surface area (Å²) in [6, 6.07) is 19.4. The molecule has 0 radical (unpaired) electrons. The van der Waals surface area contributed by atoms with Gasteiger partial charge in [0.15, 0.2) is 12.2 Å². The lowest BCUT2D eigenvalue weighted by molar-refractivity contribution is -0.153. The van der Waals surface area contributed by atoms with Gasteiger partial charge in [-0.2, -0.15) is 0 Å². The van der Waals surface area contributed by atoms with E-state index in [4.69, 9.17) is 0 Å². The Morgan fingerprint density at radius 1 is 1.06 bits per heavy atom. The number of nitrogens with one attached hydrogen (secondary N) is 1. The first-order valence-electron chi connectivity index (χ1n) is 11.0. The Morgan fingerprint density at radius 2 is 1.76 bits per heavy atom. The van der Waals surface area contributed by atoms with Crippen molar-refractivity contribution < 1.29 is 19.8 Å². The lowest BCUT2D eigenvalue weighted by atomic mass is 10.0. The summed E-state index contributed by atoms with van der Waals surface area (Å²) >= 11 is 1.47. The van der Waals surface area contributed by atoms with Crippen molar-refractivity contribution in [1.82, 2.24) is 15.2 Å². The van der Waals surface area contributed by atoms with Crippen LogP contribution >= 0.6 is 11.3 Å². The van der Waals surface area contributed by atoms with Gasteiger partial charge in [-0.3, -0.25) is 9.59 Å². The molecule has 2 amide bonds. The maximum Gasteiger partial charge on any atom is 0.255 e. The van der Waals surface area contributed by atoms with Crippen molar-refractivity contribution in [2.75, 3.05) is 6.54 Å². The van der Waals surface area contributed by atoms with Crippen molar-refractivity contribution in [3.63, 3.8) is 0 Å². The van der Waals surface area contributed by atoms with Crippen LogP contribution in [-0.4, -0.2) is 50.7 Å². The molecule has 172 valence electrons. The molecule has 2 heterocycles. The molecular formula is C25H27N3O4S. The number of nitrogens with zero attached hydrogens (tertiary/aromatic N) is 2. The minimum Gasteiger partial charge on any atom is -0.380 e. The number of benzene rings is 2. The van der Waals surface area contributed by atoms with Crippen LogP contribution in [0.3, 0.4) is 0 Å². The Morgan fingerprint density at radius 3 is 2.48 bits per heavy atom. The fourth-order valence-corrected chi connectivity index (χ4v) is 4.97. The average Bonchev–Trinajstić information content (AvgIpc) is 3.52. The van der Waals surface area contributed by atoms with E-state index in [0.29, 0.717) is 11.6 Å².